The zero-order chi connectivity index (χ0) is 8.97. The summed E-state index contributed by atoms with van der Waals surface area (Å²) in [5.74, 6) is 4.89. The third-order valence-electron chi connectivity index (χ3n) is 1.25. The fourth-order valence-electron chi connectivity index (χ4n) is 0.721. The number of carbonyl (C=O) groups is 1. The van der Waals surface area contributed by atoms with Gasteiger partial charge in [0.15, 0.2) is 0 Å². The molecular formula is C7H9BrClN3O. The van der Waals surface area contributed by atoms with Gasteiger partial charge in [0.2, 0.25) is 0 Å². The molecule has 4 nitrogen and oxygen atoms in total. The Labute approximate surface area is 90.4 Å². The van der Waals surface area contributed by atoms with Crippen molar-refractivity contribution in [2.24, 2.45) is 5.84 Å². The second-order valence-corrected chi connectivity index (χ2v) is 2.93. The number of nitrogens with two attached hydrogens (primary N) is 1. The standard InChI is InChI=1S/C7H8BrN3O.ClH/c8-5-3-1-2-4-6(5)10-7(12)11-9;/h1-4H,9H2,(H2,10,11,12);1H. The van der Waals surface area contributed by atoms with E-state index in [-0.39, 0.29) is 12.4 Å². The molecule has 0 aliphatic rings. The average Bonchev–Trinajstić information content (AvgIpc) is 2.09. The van der Waals surface area contributed by atoms with Gasteiger partial charge in [0.1, 0.15) is 0 Å². The first-order valence-electron chi connectivity index (χ1n) is 3.26. The molecule has 1 rings (SSSR count). The molecule has 0 atom stereocenters. The lowest BCUT2D eigenvalue weighted by Crippen LogP contribution is -2.34. The molecule has 0 spiro atoms. The number of anilines is 1. The van der Waals surface area contributed by atoms with Crippen molar-refractivity contribution < 1.29 is 4.79 Å². The van der Waals surface area contributed by atoms with Crippen LogP contribution in [0.25, 0.3) is 0 Å². The molecule has 2 amide bonds. The van der Waals surface area contributed by atoms with Crippen LogP contribution in [0.4, 0.5) is 10.5 Å². The quantitative estimate of drug-likeness (QED) is 0.413. The van der Waals surface area contributed by atoms with Gasteiger partial charge in [0, 0.05) is 4.47 Å². The Kier molecular flexibility index (Phi) is 5.45. The lowest BCUT2D eigenvalue weighted by molar-refractivity contribution is 0.252. The van der Waals surface area contributed by atoms with Gasteiger partial charge in [0.25, 0.3) is 0 Å². The molecule has 0 heterocycles. The van der Waals surface area contributed by atoms with E-state index >= 15 is 0 Å². The van der Waals surface area contributed by atoms with Crippen LogP contribution in [0.1, 0.15) is 0 Å². The van der Waals surface area contributed by atoms with Crippen molar-refractivity contribution in [3.8, 4) is 0 Å². The van der Waals surface area contributed by atoms with Gasteiger partial charge >= 0.3 is 6.03 Å². The van der Waals surface area contributed by atoms with Crippen molar-refractivity contribution >= 4 is 40.1 Å². The minimum absolute atomic E-state index is 0. The summed E-state index contributed by atoms with van der Waals surface area (Å²) < 4.78 is 0.814. The number of halogens is 2. The monoisotopic (exact) mass is 265 g/mol. The van der Waals surface area contributed by atoms with Crippen molar-refractivity contribution in [3.63, 3.8) is 0 Å². The molecule has 0 radical (unpaired) electrons. The zero-order valence-electron chi connectivity index (χ0n) is 6.58. The van der Waals surface area contributed by atoms with Gasteiger partial charge in [-0.2, -0.15) is 0 Å². The molecule has 13 heavy (non-hydrogen) atoms. The summed E-state index contributed by atoms with van der Waals surface area (Å²) >= 11 is 3.27. The summed E-state index contributed by atoms with van der Waals surface area (Å²) in [6, 6.07) is 6.82. The topological polar surface area (TPSA) is 67.1 Å². The normalized spacial score (nSPS) is 8.46. The second-order valence-electron chi connectivity index (χ2n) is 2.08. The van der Waals surface area contributed by atoms with Crippen LogP contribution in [-0.4, -0.2) is 6.03 Å². The van der Waals surface area contributed by atoms with Crippen molar-refractivity contribution in [1.29, 1.82) is 0 Å². The van der Waals surface area contributed by atoms with E-state index in [4.69, 9.17) is 5.84 Å². The summed E-state index contributed by atoms with van der Waals surface area (Å²) in [6.07, 6.45) is 0. The Morgan fingerprint density at radius 2 is 2.00 bits per heavy atom. The van der Waals surface area contributed by atoms with E-state index in [0.29, 0.717) is 5.69 Å². The lowest BCUT2D eigenvalue weighted by Gasteiger charge is -2.04. The summed E-state index contributed by atoms with van der Waals surface area (Å²) in [6.45, 7) is 0. The van der Waals surface area contributed by atoms with E-state index < -0.39 is 6.03 Å². The van der Waals surface area contributed by atoms with Gasteiger partial charge < -0.3 is 5.32 Å². The number of nitrogens with one attached hydrogen (secondary N) is 2. The maximum Gasteiger partial charge on any atom is 0.333 e. The molecule has 4 N–H and O–H groups in total. The summed E-state index contributed by atoms with van der Waals surface area (Å²) in [4.78, 5) is 10.8. The number of benzene rings is 1. The summed E-state index contributed by atoms with van der Waals surface area (Å²) in [5.41, 5.74) is 2.65. The molecule has 0 saturated carbocycles. The highest BCUT2D eigenvalue weighted by Crippen LogP contribution is 2.20. The highest BCUT2D eigenvalue weighted by Gasteiger charge is 2.00. The van der Waals surface area contributed by atoms with Crippen LogP contribution >= 0.6 is 28.3 Å². The minimum Gasteiger partial charge on any atom is -0.306 e. The van der Waals surface area contributed by atoms with E-state index in [1.807, 2.05) is 23.6 Å². The molecule has 0 aliphatic carbocycles. The van der Waals surface area contributed by atoms with E-state index in [1.54, 1.807) is 6.07 Å². The smallest absolute Gasteiger partial charge is 0.306 e. The Hall–Kier alpha value is -0.780. The van der Waals surface area contributed by atoms with Crippen molar-refractivity contribution in [3.05, 3.63) is 28.7 Å². The van der Waals surface area contributed by atoms with E-state index in [1.165, 1.54) is 0 Å². The average molecular weight is 267 g/mol. The predicted octanol–water partition coefficient (Wildman–Crippen LogP) is 1.87. The van der Waals surface area contributed by atoms with Crippen molar-refractivity contribution in [2.75, 3.05) is 5.32 Å². The highest BCUT2D eigenvalue weighted by atomic mass is 79.9. The third kappa shape index (κ3) is 3.63. The van der Waals surface area contributed by atoms with Crippen molar-refractivity contribution in [2.45, 2.75) is 0 Å². The predicted molar refractivity (Wildman–Crippen MR) is 57.7 cm³/mol. The Morgan fingerprint density at radius 3 is 2.54 bits per heavy atom. The van der Waals surface area contributed by atoms with Crippen LogP contribution in [-0.2, 0) is 0 Å². The van der Waals surface area contributed by atoms with E-state index in [2.05, 4.69) is 21.2 Å². The van der Waals surface area contributed by atoms with Gasteiger partial charge in [0.05, 0.1) is 5.69 Å². The number of carbonyl (C=O) groups excluding carboxylic acids is 1. The Bertz CT molecular complexity index is 295. The third-order valence-corrected chi connectivity index (χ3v) is 1.94. The second kappa shape index (κ2) is 5.80. The number of hydrazine groups is 1. The number of hydrogen-bond donors (Lipinski definition) is 3. The number of amides is 2. The van der Waals surface area contributed by atoms with E-state index in [0.717, 1.165) is 4.47 Å². The van der Waals surface area contributed by atoms with Gasteiger partial charge in [-0.1, -0.05) is 12.1 Å². The molecule has 6 heteroatoms. The SMILES string of the molecule is Cl.NNC(=O)Nc1ccccc1Br. The molecule has 0 bridgehead atoms. The zero-order valence-corrected chi connectivity index (χ0v) is 8.98. The first kappa shape index (κ1) is 12.2. The number of para-hydroxylation sites is 1. The first-order valence-corrected chi connectivity index (χ1v) is 4.05. The van der Waals surface area contributed by atoms with Crippen LogP contribution in [0.3, 0.4) is 0 Å². The van der Waals surface area contributed by atoms with Gasteiger partial charge in [-0.3, -0.25) is 5.43 Å². The number of hydrogen-bond acceptors (Lipinski definition) is 2. The van der Waals surface area contributed by atoms with Crippen LogP contribution in [0.5, 0.6) is 0 Å². The number of rotatable bonds is 1. The molecule has 0 unspecified atom stereocenters. The fraction of sp³-hybridized carbons (Fsp3) is 0. The van der Waals surface area contributed by atoms with Crippen LogP contribution in [0.2, 0.25) is 0 Å². The Morgan fingerprint density at radius 1 is 1.38 bits per heavy atom. The molecule has 1 aromatic rings. The van der Waals surface area contributed by atoms with E-state index in [9.17, 15) is 4.79 Å². The molecule has 0 aliphatic heterocycles. The van der Waals surface area contributed by atoms with Gasteiger partial charge in [-0.15, -0.1) is 12.4 Å². The highest BCUT2D eigenvalue weighted by molar-refractivity contribution is 9.10. The molecule has 0 fully saturated rings. The van der Waals surface area contributed by atoms with Gasteiger partial charge in [-0.25, -0.2) is 10.6 Å². The maximum absolute atomic E-state index is 10.8. The van der Waals surface area contributed by atoms with Crippen LogP contribution < -0.4 is 16.6 Å². The van der Waals surface area contributed by atoms with Crippen LogP contribution in [0, 0.1) is 0 Å². The molecule has 0 aromatic heterocycles. The van der Waals surface area contributed by atoms with Crippen LogP contribution in [0.15, 0.2) is 28.7 Å². The summed E-state index contributed by atoms with van der Waals surface area (Å²) in [5, 5.41) is 2.54. The fourth-order valence-corrected chi connectivity index (χ4v) is 1.10. The molecule has 72 valence electrons. The molecule has 1 aromatic carbocycles. The minimum atomic E-state index is -0.443. The largest absolute Gasteiger partial charge is 0.333 e. The Balaban J connectivity index is 0.00000144. The molecule has 0 saturated heterocycles. The lowest BCUT2D eigenvalue weighted by atomic mass is 10.3. The summed E-state index contributed by atoms with van der Waals surface area (Å²) in [7, 11) is 0. The number of urea groups is 1. The van der Waals surface area contributed by atoms with Gasteiger partial charge in [-0.05, 0) is 28.1 Å². The first-order chi connectivity index (χ1) is 5.74. The maximum atomic E-state index is 10.8. The molecular weight excluding hydrogens is 257 g/mol. The van der Waals surface area contributed by atoms with Crippen molar-refractivity contribution in [1.82, 2.24) is 5.43 Å².